The highest BCUT2D eigenvalue weighted by atomic mass is 32.2. The van der Waals surface area contributed by atoms with E-state index < -0.39 is 0 Å². The van der Waals surface area contributed by atoms with E-state index in [-0.39, 0.29) is 17.5 Å². The number of nitrogens with zero attached hydrogens (tertiary/aromatic N) is 4. The molecule has 8 heteroatoms. The molecule has 0 atom stereocenters. The molecule has 6 nitrogen and oxygen atoms in total. The number of benzene rings is 2. The topological polar surface area (TPSA) is 63.1 Å². The first-order chi connectivity index (χ1) is 15.2. The number of halogens is 1. The van der Waals surface area contributed by atoms with E-state index in [1.54, 1.807) is 12.1 Å². The van der Waals surface area contributed by atoms with E-state index in [0.717, 1.165) is 36.7 Å². The zero-order valence-electron chi connectivity index (χ0n) is 17.3. The van der Waals surface area contributed by atoms with E-state index in [9.17, 15) is 9.18 Å². The van der Waals surface area contributed by atoms with Gasteiger partial charge in [-0.05, 0) is 62.2 Å². The Kier molecular flexibility index (Phi) is 7.32. The van der Waals surface area contributed by atoms with Crippen molar-refractivity contribution in [1.82, 2.24) is 25.0 Å². The molecule has 0 saturated carbocycles. The lowest BCUT2D eigenvalue weighted by molar-refractivity contribution is -0.118. The van der Waals surface area contributed by atoms with Gasteiger partial charge in [-0.3, -0.25) is 14.3 Å². The van der Waals surface area contributed by atoms with Crippen LogP contribution in [0.4, 0.5) is 4.39 Å². The molecule has 1 fully saturated rings. The maximum atomic E-state index is 13.0. The van der Waals surface area contributed by atoms with Crippen LogP contribution in [0.5, 0.6) is 0 Å². The molecule has 3 aromatic rings. The number of nitrogens with one attached hydrogen (secondary N) is 1. The van der Waals surface area contributed by atoms with Gasteiger partial charge in [-0.25, -0.2) is 4.39 Å². The Bertz CT molecular complexity index is 987. The number of para-hydroxylation sites is 1. The van der Waals surface area contributed by atoms with Crippen molar-refractivity contribution in [3.8, 4) is 5.69 Å². The van der Waals surface area contributed by atoms with Crippen LogP contribution in [0.2, 0.25) is 0 Å². The number of hydrogen-bond donors (Lipinski definition) is 1. The summed E-state index contributed by atoms with van der Waals surface area (Å²) < 4.78 is 15.0. The van der Waals surface area contributed by atoms with Crippen LogP contribution in [0, 0.1) is 5.82 Å². The van der Waals surface area contributed by atoms with Gasteiger partial charge in [-0.2, -0.15) is 0 Å². The highest BCUT2D eigenvalue weighted by Crippen LogP contribution is 2.23. The Hall–Kier alpha value is -2.71. The molecule has 1 amide bonds. The summed E-state index contributed by atoms with van der Waals surface area (Å²) >= 11 is 1.39. The molecular weight excluding hydrogens is 413 g/mol. The van der Waals surface area contributed by atoms with Crippen molar-refractivity contribution in [3.05, 3.63) is 71.8 Å². The van der Waals surface area contributed by atoms with Crippen molar-refractivity contribution in [3.63, 3.8) is 0 Å². The van der Waals surface area contributed by atoms with Gasteiger partial charge in [-0.15, -0.1) is 10.2 Å². The Balaban J connectivity index is 1.36. The third-order valence-corrected chi connectivity index (χ3v) is 6.19. The second kappa shape index (κ2) is 10.5. The van der Waals surface area contributed by atoms with Gasteiger partial charge < -0.3 is 5.32 Å². The molecule has 1 N–H and O–H groups in total. The normalized spacial score (nSPS) is 14.1. The molecule has 2 heterocycles. The fourth-order valence-electron chi connectivity index (χ4n) is 3.65. The third kappa shape index (κ3) is 5.92. The molecule has 1 saturated heterocycles. The molecule has 0 aliphatic carbocycles. The summed E-state index contributed by atoms with van der Waals surface area (Å²) in [6, 6.07) is 16.4. The molecule has 0 spiro atoms. The van der Waals surface area contributed by atoms with Crippen molar-refractivity contribution in [2.75, 3.05) is 25.4 Å². The quantitative estimate of drug-likeness (QED) is 0.518. The van der Waals surface area contributed by atoms with E-state index in [2.05, 4.69) is 25.0 Å². The summed E-state index contributed by atoms with van der Waals surface area (Å²) in [5, 5.41) is 12.4. The van der Waals surface area contributed by atoms with Gasteiger partial charge in [0.1, 0.15) is 5.82 Å². The summed E-state index contributed by atoms with van der Waals surface area (Å²) in [5.41, 5.74) is 1.99. The van der Waals surface area contributed by atoms with E-state index in [4.69, 9.17) is 0 Å². The van der Waals surface area contributed by atoms with Crippen molar-refractivity contribution < 1.29 is 9.18 Å². The van der Waals surface area contributed by atoms with Gasteiger partial charge >= 0.3 is 0 Å². The maximum Gasteiger partial charge on any atom is 0.230 e. The lowest BCUT2D eigenvalue weighted by Crippen LogP contribution is -2.27. The van der Waals surface area contributed by atoms with Gasteiger partial charge in [0, 0.05) is 12.2 Å². The largest absolute Gasteiger partial charge is 0.355 e. The van der Waals surface area contributed by atoms with Crippen LogP contribution in [-0.2, 0) is 17.8 Å². The van der Waals surface area contributed by atoms with Crippen LogP contribution in [-0.4, -0.2) is 51.0 Å². The minimum Gasteiger partial charge on any atom is -0.355 e. The number of carbonyl (C=O) groups is 1. The average molecular weight is 440 g/mol. The summed E-state index contributed by atoms with van der Waals surface area (Å²) in [6.45, 7) is 3.43. The standard InChI is InChI=1S/C23H26FN5OS/c24-19-10-8-18(9-11-19)12-13-25-22(30)17-31-23-27-26-21(16-28-14-4-5-15-28)29(23)20-6-2-1-3-7-20/h1-3,6-11H,4-5,12-17H2,(H,25,30). The zero-order chi connectivity index (χ0) is 21.5. The van der Waals surface area contributed by atoms with Crippen LogP contribution < -0.4 is 5.32 Å². The Morgan fingerprint density at radius 3 is 2.52 bits per heavy atom. The molecule has 1 aliphatic heterocycles. The van der Waals surface area contributed by atoms with Gasteiger partial charge in [0.25, 0.3) is 0 Å². The highest BCUT2D eigenvalue weighted by molar-refractivity contribution is 7.99. The fourth-order valence-corrected chi connectivity index (χ4v) is 4.45. The molecule has 1 aromatic heterocycles. The summed E-state index contributed by atoms with van der Waals surface area (Å²) in [5.74, 6) is 0.844. The van der Waals surface area contributed by atoms with Crippen molar-refractivity contribution in [2.45, 2.75) is 31.0 Å². The van der Waals surface area contributed by atoms with E-state index in [1.807, 2.05) is 30.3 Å². The molecular formula is C23H26FN5OS. The first kappa shape index (κ1) is 21.5. The Morgan fingerprint density at radius 1 is 1.03 bits per heavy atom. The van der Waals surface area contributed by atoms with E-state index in [0.29, 0.717) is 18.1 Å². The SMILES string of the molecule is O=C(CSc1nnc(CN2CCCC2)n1-c1ccccc1)NCCc1ccc(F)cc1. The first-order valence-electron chi connectivity index (χ1n) is 10.5. The van der Waals surface area contributed by atoms with Crippen LogP contribution in [0.15, 0.2) is 59.8 Å². The summed E-state index contributed by atoms with van der Waals surface area (Å²) in [6.07, 6.45) is 3.11. The fraction of sp³-hybridized carbons (Fsp3) is 0.348. The Morgan fingerprint density at radius 2 is 1.77 bits per heavy atom. The number of likely N-dealkylation sites (tertiary alicyclic amines) is 1. The zero-order valence-corrected chi connectivity index (χ0v) is 18.2. The molecule has 0 bridgehead atoms. The predicted molar refractivity (Wildman–Crippen MR) is 120 cm³/mol. The number of thioether (sulfide) groups is 1. The molecule has 0 unspecified atom stereocenters. The first-order valence-corrected chi connectivity index (χ1v) is 11.5. The predicted octanol–water partition coefficient (Wildman–Crippen LogP) is 3.45. The smallest absolute Gasteiger partial charge is 0.230 e. The molecule has 4 rings (SSSR count). The van der Waals surface area contributed by atoms with Gasteiger partial charge in [0.2, 0.25) is 5.91 Å². The van der Waals surface area contributed by atoms with Crippen molar-refractivity contribution in [1.29, 1.82) is 0 Å². The van der Waals surface area contributed by atoms with Crippen LogP contribution in [0.3, 0.4) is 0 Å². The molecule has 162 valence electrons. The monoisotopic (exact) mass is 439 g/mol. The van der Waals surface area contributed by atoms with Crippen molar-refractivity contribution in [2.24, 2.45) is 0 Å². The number of hydrogen-bond acceptors (Lipinski definition) is 5. The maximum absolute atomic E-state index is 13.0. The number of carbonyl (C=O) groups excluding carboxylic acids is 1. The lowest BCUT2D eigenvalue weighted by atomic mass is 10.1. The van der Waals surface area contributed by atoms with Crippen LogP contribution in [0.25, 0.3) is 5.69 Å². The van der Waals surface area contributed by atoms with Gasteiger partial charge in [-0.1, -0.05) is 42.1 Å². The number of amides is 1. The minimum absolute atomic E-state index is 0.0594. The third-order valence-electron chi connectivity index (χ3n) is 5.26. The number of aromatic nitrogens is 3. The molecule has 0 radical (unpaired) electrons. The summed E-state index contributed by atoms with van der Waals surface area (Å²) in [7, 11) is 0. The second-order valence-corrected chi connectivity index (χ2v) is 8.51. The molecule has 31 heavy (non-hydrogen) atoms. The van der Waals surface area contributed by atoms with Gasteiger partial charge in [0.05, 0.1) is 12.3 Å². The minimum atomic E-state index is -0.254. The lowest BCUT2D eigenvalue weighted by Gasteiger charge is -2.16. The van der Waals surface area contributed by atoms with E-state index >= 15 is 0 Å². The molecule has 2 aromatic carbocycles. The van der Waals surface area contributed by atoms with Gasteiger partial charge in [0.15, 0.2) is 11.0 Å². The van der Waals surface area contributed by atoms with Crippen molar-refractivity contribution >= 4 is 17.7 Å². The second-order valence-electron chi connectivity index (χ2n) is 7.57. The number of rotatable bonds is 9. The Labute approximate surface area is 185 Å². The highest BCUT2D eigenvalue weighted by Gasteiger charge is 2.20. The van der Waals surface area contributed by atoms with Crippen LogP contribution in [0.1, 0.15) is 24.2 Å². The van der Waals surface area contributed by atoms with E-state index in [1.165, 1.54) is 36.7 Å². The van der Waals surface area contributed by atoms with Crippen LogP contribution >= 0.6 is 11.8 Å². The average Bonchev–Trinajstić information content (AvgIpc) is 3.44. The summed E-state index contributed by atoms with van der Waals surface area (Å²) in [4.78, 5) is 14.7. The molecule has 1 aliphatic rings.